The van der Waals surface area contributed by atoms with Gasteiger partial charge in [0.05, 0.1) is 30.5 Å². The molecule has 3 aromatic rings. The van der Waals surface area contributed by atoms with Gasteiger partial charge in [0.25, 0.3) is 5.91 Å². The molecule has 0 bridgehead atoms. The monoisotopic (exact) mass is 430 g/mol. The maximum atomic E-state index is 13.2. The van der Waals surface area contributed by atoms with Crippen molar-refractivity contribution in [2.75, 3.05) is 0 Å². The van der Waals surface area contributed by atoms with E-state index in [1.807, 2.05) is 0 Å². The lowest BCUT2D eigenvalue weighted by atomic mass is 10.0. The topological polar surface area (TPSA) is 38.4 Å². The summed E-state index contributed by atoms with van der Waals surface area (Å²) < 4.78 is 85.8. The molecular formula is C20H16F6N2O2. The van der Waals surface area contributed by atoms with E-state index in [1.165, 1.54) is 6.26 Å². The van der Waals surface area contributed by atoms with Gasteiger partial charge in [0.15, 0.2) is 0 Å². The Balaban J connectivity index is 2.03. The molecule has 0 radical (unpaired) electrons. The zero-order valence-corrected chi connectivity index (χ0v) is 15.6. The molecule has 0 unspecified atom stereocenters. The van der Waals surface area contributed by atoms with Crippen LogP contribution in [0.25, 0.3) is 0 Å². The molecule has 2 aromatic heterocycles. The molecule has 0 aliphatic heterocycles. The van der Waals surface area contributed by atoms with Crippen LogP contribution in [0, 0.1) is 0 Å². The summed E-state index contributed by atoms with van der Waals surface area (Å²) >= 11 is 0. The summed E-state index contributed by atoms with van der Waals surface area (Å²) in [5, 5.41) is 0. The van der Waals surface area contributed by atoms with Gasteiger partial charge >= 0.3 is 12.4 Å². The lowest BCUT2D eigenvalue weighted by Gasteiger charge is -2.23. The van der Waals surface area contributed by atoms with Crippen LogP contribution in [0.5, 0.6) is 0 Å². The van der Waals surface area contributed by atoms with Crippen LogP contribution in [0.3, 0.4) is 0 Å². The molecule has 0 fully saturated rings. The lowest BCUT2D eigenvalue weighted by molar-refractivity contribution is -0.143. The van der Waals surface area contributed by atoms with Gasteiger partial charge < -0.3 is 13.9 Å². The Morgan fingerprint density at radius 1 is 0.967 bits per heavy atom. The number of halogens is 6. The minimum Gasteiger partial charge on any atom is -0.467 e. The van der Waals surface area contributed by atoms with Crippen molar-refractivity contribution in [3.05, 3.63) is 83.1 Å². The molecule has 2 heterocycles. The van der Waals surface area contributed by atoms with Crippen molar-refractivity contribution < 1.29 is 35.6 Å². The fourth-order valence-electron chi connectivity index (χ4n) is 2.91. The molecule has 3 rings (SSSR count). The third kappa shape index (κ3) is 4.87. The summed E-state index contributed by atoms with van der Waals surface area (Å²) in [6, 6.07) is 7.36. The zero-order chi connectivity index (χ0) is 22.1. The third-order valence-electron chi connectivity index (χ3n) is 4.45. The van der Waals surface area contributed by atoms with E-state index in [-0.39, 0.29) is 19.2 Å². The Labute approximate surface area is 167 Å². The normalized spacial score (nSPS) is 12.2. The summed E-state index contributed by atoms with van der Waals surface area (Å²) in [7, 11) is 1.71. The molecule has 160 valence electrons. The van der Waals surface area contributed by atoms with Crippen LogP contribution in [0.15, 0.2) is 59.3 Å². The van der Waals surface area contributed by atoms with Crippen LogP contribution in [0.4, 0.5) is 26.3 Å². The van der Waals surface area contributed by atoms with Gasteiger partial charge in [-0.1, -0.05) is 0 Å². The quantitative estimate of drug-likeness (QED) is 0.502. The number of alkyl halides is 6. The van der Waals surface area contributed by atoms with Gasteiger partial charge in [-0.05, 0) is 42.5 Å². The smallest absolute Gasteiger partial charge is 0.416 e. The number of nitrogens with zero attached hydrogens (tertiary/aromatic N) is 2. The molecule has 0 saturated carbocycles. The van der Waals surface area contributed by atoms with E-state index in [9.17, 15) is 31.1 Å². The largest absolute Gasteiger partial charge is 0.467 e. The molecule has 10 heteroatoms. The third-order valence-corrected chi connectivity index (χ3v) is 4.45. The summed E-state index contributed by atoms with van der Waals surface area (Å²) in [6.07, 6.45) is -7.02. The van der Waals surface area contributed by atoms with Crippen molar-refractivity contribution in [2.45, 2.75) is 25.4 Å². The fraction of sp³-hybridized carbons (Fsp3) is 0.250. The molecule has 0 aliphatic carbocycles. The minimum atomic E-state index is -5.04. The molecule has 30 heavy (non-hydrogen) atoms. The van der Waals surface area contributed by atoms with Crippen molar-refractivity contribution >= 4 is 5.91 Å². The summed E-state index contributed by atoms with van der Waals surface area (Å²) in [5.41, 5.74) is -3.16. The van der Waals surface area contributed by atoms with Gasteiger partial charge in [-0.15, -0.1) is 0 Å². The SMILES string of the molecule is Cn1cccc1CN(Cc1ccco1)C(=O)c1cc(C(F)(F)F)cc(C(F)(F)F)c1. The van der Waals surface area contributed by atoms with Gasteiger partial charge in [0.2, 0.25) is 0 Å². The Morgan fingerprint density at radius 2 is 1.60 bits per heavy atom. The minimum absolute atomic E-state index is 0.00908. The van der Waals surface area contributed by atoms with E-state index in [1.54, 1.807) is 42.1 Å². The van der Waals surface area contributed by atoms with Crippen molar-refractivity contribution in [3.8, 4) is 0 Å². The predicted octanol–water partition coefficient (Wildman–Crippen LogP) is 5.50. The number of rotatable bonds is 5. The van der Waals surface area contributed by atoms with Gasteiger partial charge in [-0.25, -0.2) is 0 Å². The van der Waals surface area contributed by atoms with Gasteiger partial charge in [-0.3, -0.25) is 4.79 Å². The molecule has 0 N–H and O–H groups in total. The van der Waals surface area contributed by atoms with Gasteiger partial charge in [-0.2, -0.15) is 26.3 Å². The number of benzene rings is 1. The van der Waals surface area contributed by atoms with Crippen molar-refractivity contribution in [1.82, 2.24) is 9.47 Å². The first kappa shape index (κ1) is 21.5. The highest BCUT2D eigenvalue weighted by atomic mass is 19.4. The maximum absolute atomic E-state index is 13.2. The van der Waals surface area contributed by atoms with Crippen molar-refractivity contribution in [2.24, 2.45) is 7.05 Å². The molecule has 0 aliphatic rings. The molecule has 0 atom stereocenters. The molecule has 0 saturated heterocycles. The van der Waals surface area contributed by atoms with Crippen LogP contribution >= 0.6 is 0 Å². The number of hydrogen-bond donors (Lipinski definition) is 0. The number of hydrogen-bond acceptors (Lipinski definition) is 2. The van der Waals surface area contributed by atoms with Gasteiger partial charge in [0.1, 0.15) is 5.76 Å². The number of carbonyl (C=O) groups is 1. The van der Waals surface area contributed by atoms with Gasteiger partial charge in [0, 0.05) is 24.5 Å². The number of aromatic nitrogens is 1. The Kier molecular flexibility index (Phi) is 5.69. The molecule has 1 amide bonds. The Bertz CT molecular complexity index is 987. The Hall–Kier alpha value is -3.17. The molecular weight excluding hydrogens is 414 g/mol. The number of furan rings is 1. The first-order valence-corrected chi connectivity index (χ1v) is 8.66. The van der Waals surface area contributed by atoms with E-state index in [2.05, 4.69) is 0 Å². The second-order valence-electron chi connectivity index (χ2n) is 6.65. The zero-order valence-electron chi connectivity index (χ0n) is 15.6. The number of amides is 1. The number of aryl methyl sites for hydroxylation is 1. The maximum Gasteiger partial charge on any atom is 0.416 e. The second kappa shape index (κ2) is 7.92. The van der Waals surface area contributed by atoms with E-state index in [0.29, 0.717) is 23.6 Å². The van der Waals surface area contributed by atoms with Crippen LogP contribution in [-0.2, 0) is 32.5 Å². The molecule has 1 aromatic carbocycles. The highest BCUT2D eigenvalue weighted by Crippen LogP contribution is 2.36. The number of carbonyl (C=O) groups excluding carboxylic acids is 1. The standard InChI is InChI=1S/C20H16F6N2O2/c1-27-6-2-4-16(27)11-28(12-17-5-3-7-30-17)18(29)13-8-14(19(21,22)23)10-15(9-13)20(24,25)26/h2-10H,11-12H2,1H3. The van der Waals surface area contributed by atoms with Crippen LogP contribution in [0.2, 0.25) is 0 Å². The van der Waals surface area contributed by atoms with Crippen LogP contribution in [0.1, 0.15) is 32.9 Å². The van der Waals surface area contributed by atoms with Crippen molar-refractivity contribution in [3.63, 3.8) is 0 Å². The van der Waals surface area contributed by atoms with E-state index in [0.717, 1.165) is 4.90 Å². The molecule has 0 spiro atoms. The average molecular weight is 430 g/mol. The first-order chi connectivity index (χ1) is 13.9. The van der Waals surface area contributed by atoms with E-state index < -0.39 is 35.0 Å². The molecule has 4 nitrogen and oxygen atoms in total. The van der Waals surface area contributed by atoms with Crippen LogP contribution in [-0.4, -0.2) is 15.4 Å². The van der Waals surface area contributed by atoms with E-state index >= 15 is 0 Å². The Morgan fingerprint density at radius 3 is 2.07 bits per heavy atom. The highest BCUT2D eigenvalue weighted by molar-refractivity contribution is 5.94. The van der Waals surface area contributed by atoms with Crippen molar-refractivity contribution in [1.29, 1.82) is 0 Å². The first-order valence-electron chi connectivity index (χ1n) is 8.66. The summed E-state index contributed by atoms with van der Waals surface area (Å²) in [6.45, 7) is -0.171. The lowest BCUT2D eigenvalue weighted by Crippen LogP contribution is -2.31. The van der Waals surface area contributed by atoms with Crippen LogP contribution < -0.4 is 0 Å². The fourth-order valence-corrected chi connectivity index (χ4v) is 2.91. The average Bonchev–Trinajstić information content (AvgIpc) is 3.31. The summed E-state index contributed by atoms with van der Waals surface area (Å²) in [4.78, 5) is 14.1. The second-order valence-corrected chi connectivity index (χ2v) is 6.65. The summed E-state index contributed by atoms with van der Waals surface area (Å²) in [5.74, 6) is -0.648. The highest BCUT2D eigenvalue weighted by Gasteiger charge is 2.38. The van der Waals surface area contributed by atoms with E-state index in [4.69, 9.17) is 4.42 Å². The predicted molar refractivity (Wildman–Crippen MR) is 94.1 cm³/mol.